The highest BCUT2D eigenvalue weighted by Crippen LogP contribution is 2.29. The first-order valence-corrected chi connectivity index (χ1v) is 8.02. The summed E-state index contributed by atoms with van der Waals surface area (Å²) >= 11 is 5.47. The first-order valence-electron chi connectivity index (χ1n) is 5.84. The summed E-state index contributed by atoms with van der Waals surface area (Å²) in [6.07, 6.45) is 1.27. The molecule has 0 N–H and O–H groups in total. The summed E-state index contributed by atoms with van der Waals surface area (Å²) in [7, 11) is -2.35. The molecule has 0 aliphatic heterocycles. The average Bonchev–Trinajstić information content (AvgIpc) is 2.65. The largest absolute Gasteiger partial charge is 0.329 e. The molecule has 0 aromatic carbocycles. The number of alkyl halides is 1. The molecule has 1 aromatic heterocycles. The second-order valence-electron chi connectivity index (χ2n) is 4.09. The smallest absolute Gasteiger partial charge is 0.258 e. The Morgan fingerprint density at radius 2 is 2.11 bits per heavy atom. The maximum atomic E-state index is 12.1. The quantitative estimate of drug-likeness (QED) is 0.434. The predicted molar refractivity (Wildman–Crippen MR) is 71.2 cm³/mol. The van der Waals surface area contributed by atoms with E-state index in [1.54, 1.807) is 0 Å². The van der Waals surface area contributed by atoms with Crippen molar-refractivity contribution in [2.45, 2.75) is 31.2 Å². The van der Waals surface area contributed by atoms with Crippen LogP contribution >= 0.6 is 11.6 Å². The van der Waals surface area contributed by atoms with Gasteiger partial charge in [-0.3, -0.25) is 14.8 Å². The molecule has 1 heterocycles. The molecule has 0 atom stereocenters. The summed E-state index contributed by atoms with van der Waals surface area (Å²) in [5.74, 6) is -0.0326. The average molecular weight is 310 g/mol. The third-order valence-electron chi connectivity index (χ3n) is 2.55. The van der Waals surface area contributed by atoms with E-state index in [0.717, 1.165) is 4.68 Å². The fourth-order valence-electron chi connectivity index (χ4n) is 1.83. The molecule has 108 valence electrons. The van der Waals surface area contributed by atoms with E-state index in [2.05, 4.69) is 5.10 Å². The van der Waals surface area contributed by atoms with Gasteiger partial charge >= 0.3 is 5.69 Å². The van der Waals surface area contributed by atoms with E-state index in [4.69, 9.17) is 11.6 Å². The molecule has 1 aromatic rings. The molecule has 0 saturated carbocycles. The number of nitro groups is 1. The Labute approximate surface area is 116 Å². The topological polar surface area (TPSA) is 95.1 Å². The lowest BCUT2D eigenvalue weighted by molar-refractivity contribution is -0.388. The van der Waals surface area contributed by atoms with Gasteiger partial charge in [0.1, 0.15) is 5.69 Å². The van der Waals surface area contributed by atoms with Gasteiger partial charge in [-0.15, -0.1) is 11.6 Å². The Morgan fingerprint density at radius 3 is 2.58 bits per heavy atom. The highest BCUT2D eigenvalue weighted by Gasteiger charge is 2.34. The fraction of sp³-hybridized carbons (Fsp3) is 0.700. The van der Waals surface area contributed by atoms with Crippen LogP contribution in [0.15, 0.2) is 5.03 Å². The molecule has 7 nitrogen and oxygen atoms in total. The molecule has 0 fully saturated rings. The van der Waals surface area contributed by atoms with Crippen LogP contribution in [0.5, 0.6) is 0 Å². The zero-order valence-corrected chi connectivity index (χ0v) is 12.4. The van der Waals surface area contributed by atoms with Gasteiger partial charge in [-0.05, 0) is 12.8 Å². The molecule has 0 saturated heterocycles. The third kappa shape index (κ3) is 3.44. The van der Waals surface area contributed by atoms with Crippen molar-refractivity contribution in [3.8, 4) is 0 Å². The maximum absolute atomic E-state index is 12.1. The van der Waals surface area contributed by atoms with Crippen molar-refractivity contribution in [2.75, 3.05) is 11.6 Å². The lowest BCUT2D eigenvalue weighted by Gasteiger charge is -2.02. The minimum atomic E-state index is -3.75. The minimum absolute atomic E-state index is 0.187. The van der Waals surface area contributed by atoms with Crippen molar-refractivity contribution in [3.05, 3.63) is 15.8 Å². The van der Waals surface area contributed by atoms with Gasteiger partial charge in [0, 0.05) is 12.9 Å². The Bertz CT molecular complexity index is 568. The van der Waals surface area contributed by atoms with E-state index in [1.807, 2.05) is 6.92 Å². The molecular weight excluding hydrogens is 294 g/mol. The third-order valence-corrected chi connectivity index (χ3v) is 4.69. The molecule has 0 aliphatic carbocycles. The van der Waals surface area contributed by atoms with Crippen molar-refractivity contribution in [1.82, 2.24) is 9.78 Å². The van der Waals surface area contributed by atoms with Crippen LogP contribution in [0.4, 0.5) is 5.69 Å². The van der Waals surface area contributed by atoms with Gasteiger partial charge in [0.25, 0.3) is 0 Å². The number of aromatic nitrogens is 2. The molecular formula is C10H16ClN3O4S. The summed E-state index contributed by atoms with van der Waals surface area (Å²) in [5, 5.41) is 14.7. The molecule has 0 radical (unpaired) electrons. The van der Waals surface area contributed by atoms with Gasteiger partial charge < -0.3 is 0 Å². The lowest BCUT2D eigenvalue weighted by atomic mass is 10.2. The first-order chi connectivity index (χ1) is 8.85. The molecule has 0 amide bonds. The van der Waals surface area contributed by atoms with Crippen LogP contribution in [0.1, 0.15) is 25.5 Å². The SMILES string of the molecule is CCCc1nn(C)c(S(=O)(=O)CCCCl)c1[N+](=O)[O-]. The van der Waals surface area contributed by atoms with Crippen molar-refractivity contribution >= 4 is 27.1 Å². The number of sulfone groups is 1. The van der Waals surface area contributed by atoms with Gasteiger partial charge in [-0.25, -0.2) is 8.42 Å². The van der Waals surface area contributed by atoms with Crippen molar-refractivity contribution in [1.29, 1.82) is 0 Å². The molecule has 0 spiro atoms. The number of hydrogen-bond acceptors (Lipinski definition) is 5. The first kappa shape index (κ1) is 15.9. The molecule has 0 unspecified atom stereocenters. The summed E-state index contributed by atoms with van der Waals surface area (Å²) in [6, 6.07) is 0. The second-order valence-corrected chi connectivity index (χ2v) is 6.49. The summed E-state index contributed by atoms with van der Waals surface area (Å²) < 4.78 is 25.3. The van der Waals surface area contributed by atoms with Crippen LogP contribution < -0.4 is 0 Å². The van der Waals surface area contributed by atoms with E-state index in [9.17, 15) is 18.5 Å². The van der Waals surface area contributed by atoms with Crippen LogP contribution in [-0.2, 0) is 23.3 Å². The molecule has 19 heavy (non-hydrogen) atoms. The number of nitrogens with zero attached hydrogens (tertiary/aromatic N) is 3. The van der Waals surface area contributed by atoms with Gasteiger partial charge in [0.2, 0.25) is 14.9 Å². The molecule has 0 aliphatic rings. The van der Waals surface area contributed by atoms with E-state index in [-0.39, 0.29) is 28.8 Å². The van der Waals surface area contributed by atoms with E-state index in [0.29, 0.717) is 12.8 Å². The second kappa shape index (κ2) is 6.33. The summed E-state index contributed by atoms with van der Waals surface area (Å²) in [6.45, 7) is 1.85. The van der Waals surface area contributed by atoms with Crippen LogP contribution in [0.2, 0.25) is 0 Å². The lowest BCUT2D eigenvalue weighted by Crippen LogP contribution is -2.13. The van der Waals surface area contributed by atoms with Gasteiger partial charge in [-0.2, -0.15) is 5.10 Å². The van der Waals surface area contributed by atoms with Gasteiger partial charge in [-0.1, -0.05) is 13.3 Å². The van der Waals surface area contributed by atoms with Crippen LogP contribution in [0.3, 0.4) is 0 Å². The Balaban J connectivity index is 3.38. The highest BCUT2D eigenvalue weighted by molar-refractivity contribution is 7.91. The number of aryl methyl sites for hydroxylation is 2. The summed E-state index contributed by atoms with van der Waals surface area (Å²) in [4.78, 5) is 10.4. The van der Waals surface area contributed by atoms with E-state index < -0.39 is 20.4 Å². The Morgan fingerprint density at radius 1 is 1.47 bits per heavy atom. The van der Waals surface area contributed by atoms with E-state index in [1.165, 1.54) is 7.05 Å². The molecule has 9 heteroatoms. The number of rotatable bonds is 7. The van der Waals surface area contributed by atoms with Gasteiger partial charge in [0.15, 0.2) is 0 Å². The monoisotopic (exact) mass is 309 g/mol. The number of halogens is 1. The van der Waals surface area contributed by atoms with Crippen LogP contribution in [-0.4, -0.2) is 34.8 Å². The summed E-state index contributed by atoms with van der Waals surface area (Å²) in [5.41, 5.74) is -0.196. The maximum Gasteiger partial charge on any atom is 0.329 e. The predicted octanol–water partition coefficient (Wildman–Crippen LogP) is 1.68. The van der Waals surface area contributed by atoms with Crippen molar-refractivity contribution in [2.24, 2.45) is 7.05 Å². The number of hydrogen-bond donors (Lipinski definition) is 0. The Hall–Kier alpha value is -1.15. The fourth-order valence-corrected chi connectivity index (χ4v) is 3.77. The van der Waals surface area contributed by atoms with Crippen molar-refractivity contribution < 1.29 is 13.3 Å². The highest BCUT2D eigenvalue weighted by atomic mass is 35.5. The van der Waals surface area contributed by atoms with E-state index >= 15 is 0 Å². The van der Waals surface area contributed by atoms with Crippen LogP contribution in [0, 0.1) is 10.1 Å². The van der Waals surface area contributed by atoms with Crippen LogP contribution in [0.25, 0.3) is 0 Å². The minimum Gasteiger partial charge on any atom is -0.258 e. The normalized spacial score (nSPS) is 11.7. The Kier molecular flexibility index (Phi) is 5.30. The van der Waals surface area contributed by atoms with Gasteiger partial charge in [0.05, 0.1) is 10.7 Å². The molecule has 1 rings (SSSR count). The molecule has 0 bridgehead atoms. The van der Waals surface area contributed by atoms with Crippen molar-refractivity contribution in [3.63, 3.8) is 0 Å². The standard InChI is InChI=1S/C10H16ClN3O4S/c1-3-5-8-9(14(15)16)10(13(2)12-8)19(17,18)7-4-6-11/h3-7H2,1-2H3. The zero-order chi connectivity index (χ0) is 14.6. The zero-order valence-electron chi connectivity index (χ0n) is 10.8.